The number of aromatic nitrogens is 1. The number of hydrogen-bond donors (Lipinski definition) is 1. The minimum Gasteiger partial charge on any atom is -0.334 e. The van der Waals surface area contributed by atoms with Crippen LogP contribution in [0.4, 0.5) is 11.4 Å². The van der Waals surface area contributed by atoms with E-state index in [1.165, 1.54) is 45.2 Å². The molecule has 4 aromatic rings. The Hall–Kier alpha value is -7.02. The van der Waals surface area contributed by atoms with Gasteiger partial charge in [-0.3, -0.25) is 9.98 Å². The smallest absolute Gasteiger partial charge is 0.0719 e. The van der Waals surface area contributed by atoms with Crippen LogP contribution in [0.2, 0.25) is 0 Å². The van der Waals surface area contributed by atoms with Crippen LogP contribution < -0.4 is 15.5 Å². The van der Waals surface area contributed by atoms with E-state index in [4.69, 9.17) is 5.73 Å². The van der Waals surface area contributed by atoms with Crippen molar-refractivity contribution in [2.24, 2.45) is 21.6 Å². The van der Waals surface area contributed by atoms with Gasteiger partial charge in [0.2, 0.25) is 0 Å². The number of anilines is 2. The molecule has 346 valence electrons. The van der Waals surface area contributed by atoms with Crippen molar-refractivity contribution >= 4 is 37.0 Å². The van der Waals surface area contributed by atoms with E-state index in [0.717, 1.165) is 35.4 Å². The van der Waals surface area contributed by atoms with Gasteiger partial charge in [0.15, 0.2) is 0 Å². The SMILES string of the molecule is C=C/C(=C\C=C/C)CN=C.C=Cc1c2c(n(-c3ccccc3)c1/C=C\C)C(C)/C=C1\C(=C/C(C)N2C(/C=C\CC)=C/CC)C2C=CC=CC2N1c1ccc(CN=C)cc1.NCc1ccccc1. The van der Waals surface area contributed by atoms with E-state index < -0.39 is 0 Å². The summed E-state index contributed by atoms with van der Waals surface area (Å²) in [6.45, 7) is 30.3. The maximum absolute atomic E-state index is 5.35. The van der Waals surface area contributed by atoms with Gasteiger partial charge in [-0.15, -0.1) is 0 Å². The lowest BCUT2D eigenvalue weighted by atomic mass is 9.89. The fraction of sp³-hybridized carbons (Fsp3) is 0.246. The van der Waals surface area contributed by atoms with E-state index in [1.54, 1.807) is 6.08 Å². The monoisotopic (exact) mass is 889 g/mol. The number of rotatable bonds is 15. The largest absolute Gasteiger partial charge is 0.334 e. The summed E-state index contributed by atoms with van der Waals surface area (Å²) >= 11 is 0. The molecule has 0 spiro atoms. The molecule has 6 nitrogen and oxygen atoms in total. The van der Waals surface area contributed by atoms with Gasteiger partial charge < -0.3 is 20.1 Å². The molecule has 0 bridgehead atoms. The normalized spacial score (nSPS) is 20.5. The van der Waals surface area contributed by atoms with Crippen LogP contribution in [0.15, 0.2) is 216 Å². The number of benzene rings is 3. The van der Waals surface area contributed by atoms with Gasteiger partial charge in [-0.1, -0.05) is 180 Å². The molecule has 4 unspecified atom stereocenters. The zero-order valence-electron chi connectivity index (χ0n) is 40.8. The van der Waals surface area contributed by atoms with Crippen molar-refractivity contribution in [2.75, 3.05) is 16.3 Å². The maximum atomic E-state index is 5.35. The topological polar surface area (TPSA) is 62.2 Å². The molecule has 0 amide bonds. The molecule has 0 radical (unpaired) electrons. The van der Waals surface area contributed by atoms with Crippen molar-refractivity contribution in [3.63, 3.8) is 0 Å². The minimum absolute atomic E-state index is 0.0477. The zero-order chi connectivity index (χ0) is 48.1. The molecular weight excluding hydrogens is 817 g/mol. The summed E-state index contributed by atoms with van der Waals surface area (Å²) in [5.41, 5.74) is 19.7. The van der Waals surface area contributed by atoms with Gasteiger partial charge in [-0.2, -0.15) is 0 Å². The van der Waals surface area contributed by atoms with Crippen molar-refractivity contribution in [1.29, 1.82) is 0 Å². The second-order valence-corrected chi connectivity index (χ2v) is 16.6. The lowest BCUT2D eigenvalue weighted by molar-refractivity contribution is 0.694. The van der Waals surface area contributed by atoms with Crippen LogP contribution in [0.25, 0.3) is 17.8 Å². The maximum Gasteiger partial charge on any atom is 0.0719 e. The number of nitrogens with two attached hydrogens (primary N) is 1. The van der Waals surface area contributed by atoms with Gasteiger partial charge >= 0.3 is 0 Å². The third-order valence-electron chi connectivity index (χ3n) is 11.9. The van der Waals surface area contributed by atoms with Gasteiger partial charge in [-0.25, -0.2) is 0 Å². The van der Waals surface area contributed by atoms with Crippen LogP contribution >= 0.6 is 0 Å². The first-order valence-electron chi connectivity index (χ1n) is 23.7. The third kappa shape index (κ3) is 12.5. The van der Waals surface area contributed by atoms with Crippen molar-refractivity contribution in [1.82, 2.24) is 4.57 Å². The number of hydrogen-bond acceptors (Lipinski definition) is 5. The van der Waals surface area contributed by atoms with Gasteiger partial charge in [-0.05, 0) is 106 Å². The number of aliphatic imine (C=N–C) groups is 2. The summed E-state index contributed by atoms with van der Waals surface area (Å²) < 4.78 is 2.47. The molecule has 0 saturated carbocycles. The highest BCUT2D eigenvalue weighted by Gasteiger charge is 2.42. The average Bonchev–Trinajstić information content (AvgIpc) is 3.85. The Bertz CT molecular complexity index is 2550. The van der Waals surface area contributed by atoms with E-state index >= 15 is 0 Å². The molecule has 3 aromatic carbocycles. The Labute approximate surface area is 402 Å². The molecule has 4 atom stereocenters. The lowest BCUT2D eigenvalue weighted by Crippen LogP contribution is -2.32. The fourth-order valence-electron chi connectivity index (χ4n) is 8.90. The Morgan fingerprint density at radius 1 is 0.791 bits per heavy atom. The predicted octanol–water partition coefficient (Wildman–Crippen LogP) is 14.9. The third-order valence-corrected chi connectivity index (χ3v) is 11.9. The van der Waals surface area contributed by atoms with E-state index in [-0.39, 0.29) is 23.9 Å². The Morgan fingerprint density at radius 3 is 2.07 bits per heavy atom. The van der Waals surface area contributed by atoms with E-state index in [9.17, 15) is 0 Å². The van der Waals surface area contributed by atoms with Crippen LogP contribution in [0.1, 0.15) is 88.4 Å². The van der Waals surface area contributed by atoms with E-state index in [1.807, 2.05) is 55.5 Å². The number of allylic oxidation sites excluding steroid dienone is 11. The second kappa shape index (κ2) is 26.2. The first kappa shape index (κ1) is 51.0. The highest BCUT2D eigenvalue weighted by molar-refractivity contribution is 5.83. The summed E-state index contributed by atoms with van der Waals surface area (Å²) in [6, 6.07) is 29.9. The minimum atomic E-state index is 0.0477. The highest BCUT2D eigenvalue weighted by Crippen LogP contribution is 2.49. The van der Waals surface area contributed by atoms with Crippen LogP contribution in [0.5, 0.6) is 0 Å². The predicted molar refractivity (Wildman–Crippen MR) is 294 cm³/mol. The molecule has 1 aromatic heterocycles. The quantitative estimate of drug-likeness (QED) is 0.0955. The standard InChI is InChI=1S/C45H50N4.C9H13N.C7H9N/c1-8-12-20-35(18-9-2)47-33(6)30-40-39-23-16-17-24-42(39)48(37-27-25-34(26-28-37)31-46-7)43(40)29-32(5)44-45(47)38(11-4)41(19-10-3)49(44)36-21-14-13-15-22-36;1-4-6-7-9(5-2)8-10-3;8-6-7-4-2-1-3-5-7/h10-30,32-33,39,42H,4,7-9,31H2,1-3,5-6H3;4-7H,2-3,8H2,1H3;1-5H,6,8H2/b19-10-,20-12-,35-18+,40-30-,43-29+;6-4-,9-7+;. The Morgan fingerprint density at radius 2 is 1.49 bits per heavy atom. The van der Waals surface area contributed by atoms with Gasteiger partial charge in [0.05, 0.1) is 42.2 Å². The first-order chi connectivity index (χ1) is 32.7. The molecule has 67 heavy (non-hydrogen) atoms. The molecule has 2 N–H and O–H groups in total. The first-order valence-corrected chi connectivity index (χ1v) is 23.7. The van der Waals surface area contributed by atoms with Gasteiger partial charge in [0.25, 0.3) is 0 Å². The molecule has 1 fully saturated rings. The second-order valence-electron chi connectivity index (χ2n) is 16.6. The number of para-hydroxylation sites is 1. The van der Waals surface area contributed by atoms with Gasteiger partial charge in [0, 0.05) is 46.7 Å². The fourth-order valence-corrected chi connectivity index (χ4v) is 8.90. The van der Waals surface area contributed by atoms with E-state index in [2.05, 4.69) is 213 Å². The Balaban J connectivity index is 0.000000390. The molecule has 2 aliphatic heterocycles. The van der Waals surface area contributed by atoms with Gasteiger partial charge in [0.1, 0.15) is 0 Å². The van der Waals surface area contributed by atoms with Crippen molar-refractivity contribution in [2.45, 2.75) is 85.5 Å². The zero-order valence-corrected chi connectivity index (χ0v) is 40.8. The number of nitrogens with zero attached hydrogens (tertiary/aromatic N) is 5. The lowest BCUT2D eigenvalue weighted by Gasteiger charge is -2.33. The summed E-state index contributed by atoms with van der Waals surface area (Å²) in [7, 11) is 0. The summed E-state index contributed by atoms with van der Waals surface area (Å²) in [6.07, 6.45) is 37.2. The van der Waals surface area contributed by atoms with Crippen LogP contribution in [-0.2, 0) is 13.1 Å². The molecule has 6 heteroatoms. The van der Waals surface area contributed by atoms with Crippen molar-refractivity contribution in [3.8, 4) is 5.69 Å². The van der Waals surface area contributed by atoms with Crippen molar-refractivity contribution < 1.29 is 0 Å². The van der Waals surface area contributed by atoms with Crippen molar-refractivity contribution in [3.05, 3.63) is 234 Å². The Kier molecular flexibility index (Phi) is 19.9. The molecule has 7 rings (SSSR count). The summed E-state index contributed by atoms with van der Waals surface area (Å²) in [5, 5.41) is 0. The van der Waals surface area contributed by atoms with Crippen LogP contribution in [-0.4, -0.2) is 36.6 Å². The summed E-state index contributed by atoms with van der Waals surface area (Å²) in [5.74, 6) is 0.287. The molecule has 3 aliphatic rings. The molecule has 1 aliphatic carbocycles. The number of fused-ring (bicyclic) bond motifs is 4. The summed E-state index contributed by atoms with van der Waals surface area (Å²) in [4.78, 5) is 13.0. The average molecular weight is 889 g/mol. The molecule has 1 saturated heterocycles. The van der Waals surface area contributed by atoms with Crippen LogP contribution in [0.3, 0.4) is 0 Å². The van der Waals surface area contributed by atoms with Crippen LogP contribution in [0, 0.1) is 5.92 Å². The van der Waals surface area contributed by atoms with E-state index in [0.29, 0.717) is 19.6 Å². The molecular formula is C61H72N6. The molecule has 3 heterocycles. The highest BCUT2D eigenvalue weighted by atomic mass is 15.2.